The zero-order valence-corrected chi connectivity index (χ0v) is 30.6. The van der Waals surface area contributed by atoms with E-state index in [-0.39, 0.29) is 32.0 Å². The maximum atomic E-state index is 11.4. The van der Waals surface area contributed by atoms with E-state index in [1.54, 1.807) is 0 Å². The number of rotatable bonds is 45. The van der Waals surface area contributed by atoms with Gasteiger partial charge in [0.25, 0.3) is 0 Å². The van der Waals surface area contributed by atoms with E-state index in [2.05, 4.69) is 5.32 Å². The highest BCUT2D eigenvalue weighted by molar-refractivity contribution is 5.80. The van der Waals surface area contributed by atoms with Gasteiger partial charge in [-0.2, -0.15) is 0 Å². The molecule has 0 saturated heterocycles. The van der Waals surface area contributed by atoms with Gasteiger partial charge in [-0.25, -0.2) is 4.79 Å². The van der Waals surface area contributed by atoms with Gasteiger partial charge in [-0.1, -0.05) is 0 Å². The first kappa shape index (κ1) is 49.9. The van der Waals surface area contributed by atoms with Crippen molar-refractivity contribution < 1.29 is 86.2 Å². The van der Waals surface area contributed by atoms with Crippen LogP contribution in [0.3, 0.4) is 0 Å². The molecule has 0 spiro atoms. The number of nitrogens with one attached hydrogen (secondary N) is 1. The number of ether oxygens (including phenoxy) is 13. The van der Waals surface area contributed by atoms with Crippen molar-refractivity contribution in [1.29, 1.82) is 0 Å². The summed E-state index contributed by atoms with van der Waals surface area (Å²) in [5.41, 5.74) is 0. The van der Waals surface area contributed by atoms with Crippen LogP contribution in [0.5, 0.6) is 0 Å². The third-order valence-corrected chi connectivity index (χ3v) is 6.04. The molecule has 19 nitrogen and oxygen atoms in total. The van der Waals surface area contributed by atoms with E-state index >= 15 is 0 Å². The first-order chi connectivity index (χ1) is 25.5. The Morgan fingerprint density at radius 3 is 0.827 bits per heavy atom. The van der Waals surface area contributed by atoms with Crippen LogP contribution >= 0.6 is 0 Å². The smallest absolute Gasteiger partial charge is 0.329 e. The topological polar surface area (TPSA) is 224 Å². The highest BCUT2D eigenvalue weighted by atomic mass is 16.6. The van der Waals surface area contributed by atoms with Gasteiger partial charge in [-0.15, -0.1) is 0 Å². The van der Waals surface area contributed by atoms with Gasteiger partial charge in [0, 0.05) is 19.6 Å². The third kappa shape index (κ3) is 45.9. The Hall–Kier alpha value is -2.11. The number of carbonyl (C=O) groups excluding carboxylic acids is 1. The predicted molar refractivity (Wildman–Crippen MR) is 183 cm³/mol. The molecule has 0 radical (unpaired) electrons. The van der Waals surface area contributed by atoms with Crippen molar-refractivity contribution >= 4 is 17.8 Å². The van der Waals surface area contributed by atoms with Crippen molar-refractivity contribution in [1.82, 2.24) is 5.32 Å². The maximum Gasteiger partial charge on any atom is 0.329 e. The lowest BCUT2D eigenvalue weighted by Crippen LogP contribution is -2.25. The van der Waals surface area contributed by atoms with Crippen LogP contribution in [0.1, 0.15) is 19.3 Å². The Bertz CT molecular complexity index is 781. The summed E-state index contributed by atoms with van der Waals surface area (Å²) in [6, 6.07) is 0. The molecule has 1 amide bonds. The van der Waals surface area contributed by atoms with E-state index < -0.39 is 11.9 Å². The molecule has 0 aliphatic carbocycles. The monoisotopic (exact) mass is 761 g/mol. The first-order valence-electron chi connectivity index (χ1n) is 17.7. The molecule has 19 heteroatoms. The fourth-order valence-electron chi connectivity index (χ4n) is 3.51. The van der Waals surface area contributed by atoms with E-state index in [1.807, 2.05) is 0 Å². The Labute approximate surface area is 307 Å². The molecule has 3 N–H and O–H groups in total. The fraction of sp³-hybridized carbons (Fsp3) is 0.909. The quantitative estimate of drug-likeness (QED) is 0.0675. The third-order valence-electron chi connectivity index (χ3n) is 6.04. The van der Waals surface area contributed by atoms with Crippen LogP contribution < -0.4 is 5.32 Å². The molecule has 0 bridgehead atoms. The van der Waals surface area contributed by atoms with Gasteiger partial charge in [0.05, 0.1) is 165 Å². The molecule has 52 heavy (non-hydrogen) atoms. The Balaban J connectivity index is 3.09. The van der Waals surface area contributed by atoms with Crippen LogP contribution in [0, 0.1) is 0 Å². The van der Waals surface area contributed by atoms with Crippen LogP contribution in [0.2, 0.25) is 0 Å². The van der Waals surface area contributed by atoms with Crippen LogP contribution in [0.25, 0.3) is 0 Å². The molecule has 0 unspecified atom stereocenters. The molecular weight excluding hydrogens is 698 g/mol. The summed E-state index contributed by atoms with van der Waals surface area (Å²) in [5, 5.41) is 19.6. The number of aliphatic carboxylic acids is 2. The van der Waals surface area contributed by atoms with E-state index in [0.29, 0.717) is 172 Å². The molecule has 0 aromatic heterocycles. The molecule has 0 fully saturated rings. The van der Waals surface area contributed by atoms with Gasteiger partial charge in [0.15, 0.2) is 0 Å². The highest BCUT2D eigenvalue weighted by Crippen LogP contribution is 1.91. The summed E-state index contributed by atoms with van der Waals surface area (Å²) in [5.74, 6) is -2.26. The second-order valence-corrected chi connectivity index (χ2v) is 10.4. The highest BCUT2D eigenvalue weighted by Gasteiger charge is 2.04. The summed E-state index contributed by atoms with van der Waals surface area (Å²) < 4.78 is 69.9. The number of hydrogen-bond acceptors (Lipinski definition) is 16. The molecule has 0 heterocycles. The van der Waals surface area contributed by atoms with Gasteiger partial charge in [0.1, 0.15) is 6.61 Å². The molecule has 0 aromatic rings. The number of carbonyl (C=O) groups is 3. The van der Waals surface area contributed by atoms with Crippen molar-refractivity contribution in [2.45, 2.75) is 19.3 Å². The normalized spacial score (nSPS) is 11.3. The van der Waals surface area contributed by atoms with Crippen LogP contribution in [-0.4, -0.2) is 206 Å². The van der Waals surface area contributed by atoms with Crippen LogP contribution in [-0.2, 0) is 76.0 Å². The van der Waals surface area contributed by atoms with Gasteiger partial charge in [-0.3, -0.25) is 9.59 Å². The van der Waals surface area contributed by atoms with E-state index in [4.69, 9.17) is 71.8 Å². The van der Waals surface area contributed by atoms with Crippen LogP contribution in [0.4, 0.5) is 0 Å². The second kappa shape index (κ2) is 43.3. The molecule has 0 aromatic carbocycles. The van der Waals surface area contributed by atoms with Crippen molar-refractivity contribution in [2.24, 2.45) is 0 Å². The number of carboxylic acid groups (broad SMARTS) is 2. The second-order valence-electron chi connectivity index (χ2n) is 10.4. The minimum absolute atomic E-state index is 0.0157. The Morgan fingerprint density at radius 2 is 0.577 bits per heavy atom. The molecule has 0 saturated carbocycles. The zero-order chi connectivity index (χ0) is 37.8. The lowest BCUT2D eigenvalue weighted by atomic mass is 10.3. The number of carboxylic acids is 2. The summed E-state index contributed by atoms with van der Waals surface area (Å²) in [6.45, 7) is 11.3. The van der Waals surface area contributed by atoms with Crippen molar-refractivity contribution in [3.05, 3.63) is 0 Å². The predicted octanol–water partition coefficient (Wildman–Crippen LogP) is -0.342. The van der Waals surface area contributed by atoms with Gasteiger partial charge in [0.2, 0.25) is 5.91 Å². The van der Waals surface area contributed by atoms with E-state index in [9.17, 15) is 14.4 Å². The molecule has 0 rings (SSSR count). The molecule has 0 atom stereocenters. The van der Waals surface area contributed by atoms with Gasteiger partial charge < -0.3 is 77.1 Å². The fourth-order valence-corrected chi connectivity index (χ4v) is 3.51. The van der Waals surface area contributed by atoms with Crippen molar-refractivity contribution in [2.75, 3.05) is 178 Å². The first-order valence-corrected chi connectivity index (χ1v) is 17.7. The number of amides is 1. The number of hydrogen-bond donors (Lipinski definition) is 3. The average Bonchev–Trinajstić information content (AvgIpc) is 3.12. The van der Waals surface area contributed by atoms with Crippen LogP contribution in [0.15, 0.2) is 0 Å². The molecule has 308 valence electrons. The summed E-state index contributed by atoms with van der Waals surface area (Å²) in [4.78, 5) is 32.0. The van der Waals surface area contributed by atoms with E-state index in [1.165, 1.54) is 0 Å². The zero-order valence-electron chi connectivity index (χ0n) is 30.6. The van der Waals surface area contributed by atoms with E-state index in [0.717, 1.165) is 0 Å². The minimum Gasteiger partial charge on any atom is -0.481 e. The largest absolute Gasteiger partial charge is 0.481 e. The van der Waals surface area contributed by atoms with Crippen molar-refractivity contribution in [3.8, 4) is 0 Å². The van der Waals surface area contributed by atoms with Crippen molar-refractivity contribution in [3.63, 3.8) is 0 Å². The lowest BCUT2D eigenvalue weighted by Gasteiger charge is -2.09. The maximum absolute atomic E-state index is 11.4. The summed E-state index contributed by atoms with van der Waals surface area (Å²) in [6.07, 6.45) is 0.460. The standard InChI is InChI=1S/C33H63NO18/c35-31(2-3-32(36)37)34-4-1-5-40-6-7-41-8-9-42-10-11-43-12-13-44-14-15-45-16-17-46-18-19-47-20-21-48-22-23-49-24-25-50-26-27-51-28-29-52-30-33(38)39/h1-30H2,(H,34,35)(H,36,37)(H,38,39). The van der Waals surface area contributed by atoms with Gasteiger partial charge >= 0.3 is 11.9 Å². The molecule has 0 aliphatic heterocycles. The molecule has 0 aliphatic rings. The van der Waals surface area contributed by atoms with Gasteiger partial charge in [-0.05, 0) is 6.42 Å². The summed E-state index contributed by atoms with van der Waals surface area (Å²) >= 11 is 0. The summed E-state index contributed by atoms with van der Waals surface area (Å²) in [7, 11) is 0. The molecular formula is C33H63NO18. The average molecular weight is 762 g/mol. The Kier molecular flexibility index (Phi) is 41.5. The lowest BCUT2D eigenvalue weighted by molar-refractivity contribution is -0.142. The SMILES string of the molecule is O=C(O)CCC(=O)NCCCOCCOCCOCCOCCOCCOCCOCCOCCOCCOCCOCCOCCOCC(=O)O. The Morgan fingerprint density at radius 1 is 0.327 bits per heavy atom. The minimum atomic E-state index is -1.00.